The third-order valence-electron chi connectivity index (χ3n) is 5.23. The van der Waals surface area contributed by atoms with Crippen LogP contribution in [0.5, 0.6) is 0 Å². The number of rotatable bonds is 8. The number of nitrogens with one attached hydrogen (secondary N) is 1. The van der Waals surface area contributed by atoms with Gasteiger partial charge in [-0.05, 0) is 62.4 Å². The zero-order valence-corrected chi connectivity index (χ0v) is 19.8. The molecule has 1 fully saturated rings. The molecule has 0 spiro atoms. The Morgan fingerprint density at radius 1 is 1.26 bits per heavy atom. The van der Waals surface area contributed by atoms with Gasteiger partial charge in [-0.1, -0.05) is 24.8 Å². The number of thioether (sulfide) groups is 1. The molecule has 1 saturated heterocycles. The fraction of sp³-hybridized carbons (Fsp3) is 0.435. The van der Waals surface area contributed by atoms with E-state index in [1.54, 1.807) is 11.3 Å². The molecule has 0 saturated carbocycles. The van der Waals surface area contributed by atoms with Crippen LogP contribution >= 0.6 is 23.1 Å². The molecule has 8 heteroatoms. The van der Waals surface area contributed by atoms with Gasteiger partial charge < -0.3 is 10.1 Å². The Labute approximate surface area is 191 Å². The molecule has 1 N–H and O–H groups in total. The summed E-state index contributed by atoms with van der Waals surface area (Å²) >= 11 is 3.16. The van der Waals surface area contributed by atoms with Crippen molar-refractivity contribution in [2.75, 3.05) is 17.7 Å². The van der Waals surface area contributed by atoms with Crippen molar-refractivity contribution in [2.24, 2.45) is 0 Å². The summed E-state index contributed by atoms with van der Waals surface area (Å²) in [7, 11) is 0. The second-order valence-corrected chi connectivity index (χ2v) is 9.86. The summed E-state index contributed by atoms with van der Waals surface area (Å²) < 4.78 is 7.98. The number of hydrogen-bond acceptors (Lipinski definition) is 6. The van der Waals surface area contributed by atoms with Crippen molar-refractivity contribution in [1.82, 2.24) is 14.8 Å². The van der Waals surface area contributed by atoms with Crippen LogP contribution in [-0.2, 0) is 22.5 Å². The van der Waals surface area contributed by atoms with Crippen molar-refractivity contribution in [2.45, 2.75) is 57.8 Å². The molecule has 1 aliphatic rings. The Hall–Kier alpha value is -2.16. The number of nitrogens with zero attached hydrogens (tertiary/aromatic N) is 3. The van der Waals surface area contributed by atoms with Crippen molar-refractivity contribution in [1.29, 1.82) is 0 Å². The van der Waals surface area contributed by atoms with Crippen LogP contribution < -0.4 is 5.32 Å². The molecule has 2 aromatic heterocycles. The van der Waals surface area contributed by atoms with E-state index in [0.717, 1.165) is 59.2 Å². The van der Waals surface area contributed by atoms with Gasteiger partial charge in [-0.2, -0.15) is 0 Å². The highest BCUT2D eigenvalue weighted by molar-refractivity contribution is 7.99. The highest BCUT2D eigenvalue weighted by atomic mass is 32.2. The second kappa shape index (κ2) is 9.97. The highest BCUT2D eigenvalue weighted by Gasteiger charge is 2.22. The first-order valence-electron chi connectivity index (χ1n) is 10.7. The molecule has 164 valence electrons. The maximum absolute atomic E-state index is 12.6. The molecule has 3 aromatic rings. The lowest BCUT2D eigenvalue weighted by molar-refractivity contribution is -0.113. The van der Waals surface area contributed by atoms with Crippen LogP contribution in [0.3, 0.4) is 0 Å². The Morgan fingerprint density at radius 2 is 2.06 bits per heavy atom. The lowest BCUT2D eigenvalue weighted by atomic mass is 10.1. The predicted molar refractivity (Wildman–Crippen MR) is 127 cm³/mol. The highest BCUT2D eigenvalue weighted by Crippen LogP contribution is 2.29. The first kappa shape index (κ1) is 22.0. The molecular weight excluding hydrogens is 428 g/mol. The normalized spacial score (nSPS) is 16.0. The molecule has 1 amide bonds. The molecule has 6 nitrogen and oxygen atoms in total. The summed E-state index contributed by atoms with van der Waals surface area (Å²) in [5.41, 5.74) is 4.17. The summed E-state index contributed by atoms with van der Waals surface area (Å²) in [6.07, 6.45) is 3.30. The molecule has 31 heavy (non-hydrogen) atoms. The molecule has 1 atom stereocenters. The fourth-order valence-corrected chi connectivity index (χ4v) is 5.38. The quantitative estimate of drug-likeness (QED) is 0.478. The minimum absolute atomic E-state index is 0.0491. The van der Waals surface area contributed by atoms with Crippen LogP contribution in [0.2, 0.25) is 0 Å². The van der Waals surface area contributed by atoms with Gasteiger partial charge in [-0.15, -0.1) is 21.5 Å². The standard InChI is InChI=1S/C23H28N4O2S2/c1-4-20-11-17(13-30-20)22-25-26-23(27(22)12-19-6-5-7-29-19)31-14-21(28)24-18-9-15(2)8-16(3)10-18/h8-11,13,19H,4-7,12,14H2,1-3H3,(H,24,28). The van der Waals surface area contributed by atoms with Gasteiger partial charge in [0.05, 0.1) is 18.4 Å². The van der Waals surface area contributed by atoms with Crippen LogP contribution in [0.4, 0.5) is 5.69 Å². The first-order chi connectivity index (χ1) is 15.0. The molecule has 0 aliphatic carbocycles. The second-order valence-electron chi connectivity index (χ2n) is 7.92. The SMILES string of the molecule is CCc1cc(-c2nnc(SCC(=O)Nc3cc(C)cc(C)c3)n2CC2CCCO2)cs1. The van der Waals surface area contributed by atoms with Crippen molar-refractivity contribution in [3.63, 3.8) is 0 Å². The topological polar surface area (TPSA) is 69.0 Å². The van der Waals surface area contributed by atoms with Crippen molar-refractivity contribution >= 4 is 34.7 Å². The average Bonchev–Trinajstić information content (AvgIpc) is 3.47. The number of benzene rings is 1. The number of thiophene rings is 1. The Bertz CT molecular complexity index is 1030. The number of hydrogen-bond donors (Lipinski definition) is 1. The monoisotopic (exact) mass is 456 g/mol. The van der Waals surface area contributed by atoms with Crippen LogP contribution in [-0.4, -0.2) is 39.1 Å². The summed E-state index contributed by atoms with van der Waals surface area (Å²) in [6.45, 7) is 7.73. The molecule has 1 aromatic carbocycles. The largest absolute Gasteiger partial charge is 0.376 e. The van der Waals surface area contributed by atoms with Gasteiger partial charge in [0.25, 0.3) is 0 Å². The van der Waals surface area contributed by atoms with E-state index >= 15 is 0 Å². The van der Waals surface area contributed by atoms with Crippen molar-refractivity contribution in [3.05, 3.63) is 45.6 Å². The smallest absolute Gasteiger partial charge is 0.234 e. The molecule has 1 aliphatic heterocycles. The molecule has 0 radical (unpaired) electrons. The Kier molecular flexibility index (Phi) is 7.09. The van der Waals surface area contributed by atoms with Gasteiger partial charge in [-0.25, -0.2) is 0 Å². The number of aryl methyl sites for hydroxylation is 3. The summed E-state index contributed by atoms with van der Waals surface area (Å²) in [6, 6.07) is 8.24. The van der Waals surface area contributed by atoms with Gasteiger partial charge >= 0.3 is 0 Å². The van der Waals surface area contributed by atoms with Gasteiger partial charge in [0, 0.05) is 28.1 Å². The fourth-order valence-electron chi connectivity index (χ4n) is 3.82. The minimum atomic E-state index is -0.0491. The van der Waals surface area contributed by atoms with Gasteiger partial charge in [0.1, 0.15) is 0 Å². The van der Waals surface area contributed by atoms with Crippen LogP contribution in [0, 0.1) is 13.8 Å². The van der Waals surface area contributed by atoms with Crippen LogP contribution in [0.1, 0.15) is 35.8 Å². The average molecular weight is 457 g/mol. The van der Waals surface area contributed by atoms with Crippen molar-refractivity contribution < 1.29 is 9.53 Å². The third-order valence-corrected chi connectivity index (χ3v) is 7.27. The third kappa shape index (κ3) is 5.56. The lowest BCUT2D eigenvalue weighted by Gasteiger charge is -2.14. The van der Waals surface area contributed by atoms with E-state index in [9.17, 15) is 4.79 Å². The van der Waals surface area contributed by atoms with Gasteiger partial charge in [0.2, 0.25) is 5.91 Å². The number of ether oxygens (including phenoxy) is 1. The molecule has 4 rings (SSSR count). The molecular formula is C23H28N4O2S2. The Morgan fingerprint density at radius 3 is 2.74 bits per heavy atom. The van der Waals surface area contributed by atoms with Crippen LogP contribution in [0.15, 0.2) is 34.8 Å². The van der Waals surface area contributed by atoms with Crippen molar-refractivity contribution in [3.8, 4) is 11.4 Å². The number of carbonyl (C=O) groups is 1. The summed E-state index contributed by atoms with van der Waals surface area (Å²) in [4.78, 5) is 13.9. The minimum Gasteiger partial charge on any atom is -0.376 e. The number of anilines is 1. The predicted octanol–water partition coefficient (Wildman–Crippen LogP) is 5.10. The zero-order chi connectivity index (χ0) is 21.8. The first-order valence-corrected chi connectivity index (χ1v) is 12.5. The van der Waals surface area contributed by atoms with Gasteiger partial charge in [-0.3, -0.25) is 9.36 Å². The summed E-state index contributed by atoms with van der Waals surface area (Å²) in [5, 5.41) is 14.8. The van der Waals surface area contributed by atoms with E-state index in [0.29, 0.717) is 6.54 Å². The molecule has 3 heterocycles. The maximum atomic E-state index is 12.6. The van der Waals surface area contributed by atoms with E-state index in [1.807, 2.05) is 26.0 Å². The molecule has 0 bridgehead atoms. The van der Waals surface area contributed by atoms with E-state index in [4.69, 9.17) is 4.74 Å². The van der Waals surface area contributed by atoms with Gasteiger partial charge in [0.15, 0.2) is 11.0 Å². The number of amides is 1. The molecule has 1 unspecified atom stereocenters. The lowest BCUT2D eigenvalue weighted by Crippen LogP contribution is -2.18. The van der Waals surface area contributed by atoms with E-state index in [2.05, 4.69) is 44.5 Å². The zero-order valence-electron chi connectivity index (χ0n) is 18.2. The van der Waals surface area contributed by atoms with Crippen LogP contribution in [0.25, 0.3) is 11.4 Å². The van der Waals surface area contributed by atoms with E-state index in [-0.39, 0.29) is 17.8 Å². The Balaban J connectivity index is 1.49. The maximum Gasteiger partial charge on any atom is 0.234 e. The van der Waals surface area contributed by atoms with E-state index < -0.39 is 0 Å². The number of carbonyl (C=O) groups excluding carboxylic acids is 1. The summed E-state index contributed by atoms with van der Waals surface area (Å²) in [5.74, 6) is 1.08. The van der Waals surface area contributed by atoms with E-state index in [1.165, 1.54) is 16.6 Å². The number of aromatic nitrogens is 3.